The Morgan fingerprint density at radius 3 is 2.19 bits per heavy atom. The second-order valence-corrected chi connectivity index (χ2v) is 9.33. The summed E-state index contributed by atoms with van der Waals surface area (Å²) in [7, 11) is 0. The fourth-order valence-corrected chi connectivity index (χ4v) is 4.66. The quantitative estimate of drug-likeness (QED) is 0.166. The van der Waals surface area contributed by atoms with E-state index >= 15 is 0 Å². The number of Topliss-reactive ketones (excluding diaryl/α,β-unsaturated/α-hetero) is 2. The zero-order valence-electron chi connectivity index (χ0n) is 16.5. The summed E-state index contributed by atoms with van der Waals surface area (Å²) in [5.74, 6) is -3.13. The number of esters is 1. The highest BCUT2D eigenvalue weighted by Gasteiger charge is 2.47. The van der Waals surface area contributed by atoms with E-state index in [2.05, 4.69) is 31.9 Å². The number of carbonyl (C=O) groups is 3. The molecule has 0 aliphatic carbocycles. The van der Waals surface area contributed by atoms with E-state index in [9.17, 15) is 14.4 Å². The Bertz CT molecular complexity index is 1160. The maximum atomic E-state index is 13.4. The first kappa shape index (κ1) is 21.7. The molecule has 31 heavy (non-hydrogen) atoms. The molecule has 0 saturated heterocycles. The molecule has 3 aromatic rings. The van der Waals surface area contributed by atoms with E-state index in [1.54, 1.807) is 73.7 Å². The van der Waals surface area contributed by atoms with Crippen LogP contribution in [0.1, 0.15) is 39.1 Å². The third-order valence-electron chi connectivity index (χ3n) is 5.58. The van der Waals surface area contributed by atoms with Crippen LogP contribution in [0.2, 0.25) is 0 Å². The van der Waals surface area contributed by atoms with Crippen LogP contribution in [0.5, 0.6) is 5.75 Å². The van der Waals surface area contributed by atoms with Gasteiger partial charge in [-0.15, -0.1) is 0 Å². The van der Waals surface area contributed by atoms with E-state index < -0.39 is 23.7 Å². The van der Waals surface area contributed by atoms with Gasteiger partial charge in [0.2, 0.25) is 0 Å². The van der Waals surface area contributed by atoms with Crippen molar-refractivity contribution in [3.8, 4) is 5.75 Å². The van der Waals surface area contributed by atoms with Crippen LogP contribution in [-0.4, -0.2) is 17.5 Å². The van der Waals surface area contributed by atoms with Gasteiger partial charge in [0.15, 0.2) is 11.6 Å². The maximum absolute atomic E-state index is 13.4. The van der Waals surface area contributed by atoms with Crippen LogP contribution in [0.3, 0.4) is 0 Å². The standard InChI is InChI=1S/C25H18Br2O4/c1-14(23(28)16-7-9-17(26)10-8-16)21-19-13-18(27)11-12-20(19)31-25(30)22(21)24(29)15-5-3-2-4-6-15/h2-14,21-22H,1H3/t14-,21-,22-/m1/s1. The normalized spacial score (nSPS) is 18.6. The molecule has 1 aliphatic rings. The monoisotopic (exact) mass is 540 g/mol. The molecule has 0 aromatic heterocycles. The summed E-state index contributed by atoms with van der Waals surface area (Å²) in [6.45, 7) is 1.77. The third kappa shape index (κ3) is 4.27. The van der Waals surface area contributed by atoms with Crippen LogP contribution in [-0.2, 0) is 4.79 Å². The predicted molar refractivity (Wildman–Crippen MR) is 124 cm³/mol. The zero-order chi connectivity index (χ0) is 22.1. The van der Waals surface area contributed by atoms with Crippen molar-refractivity contribution in [2.45, 2.75) is 12.8 Å². The molecule has 6 heteroatoms. The fraction of sp³-hybridized carbons (Fsp3) is 0.160. The maximum Gasteiger partial charge on any atom is 0.322 e. The van der Waals surface area contributed by atoms with Gasteiger partial charge in [-0.05, 0) is 30.3 Å². The van der Waals surface area contributed by atoms with Crippen LogP contribution >= 0.6 is 31.9 Å². The lowest BCUT2D eigenvalue weighted by atomic mass is 9.71. The van der Waals surface area contributed by atoms with Gasteiger partial charge in [0.1, 0.15) is 11.7 Å². The first-order valence-electron chi connectivity index (χ1n) is 9.77. The molecule has 1 heterocycles. The van der Waals surface area contributed by atoms with E-state index in [-0.39, 0.29) is 11.6 Å². The van der Waals surface area contributed by atoms with E-state index in [4.69, 9.17) is 4.74 Å². The Labute approximate surface area is 196 Å². The number of carbonyl (C=O) groups excluding carboxylic acids is 3. The van der Waals surface area contributed by atoms with Crippen molar-refractivity contribution < 1.29 is 19.1 Å². The lowest BCUT2D eigenvalue weighted by Gasteiger charge is -2.34. The first-order chi connectivity index (χ1) is 14.9. The van der Waals surface area contributed by atoms with Crippen LogP contribution in [0.25, 0.3) is 0 Å². The molecule has 0 amide bonds. The van der Waals surface area contributed by atoms with E-state index in [1.165, 1.54) is 0 Å². The van der Waals surface area contributed by atoms with Crippen LogP contribution in [0.15, 0.2) is 81.7 Å². The number of ether oxygens (including phenoxy) is 1. The molecule has 4 nitrogen and oxygen atoms in total. The summed E-state index contributed by atoms with van der Waals surface area (Å²) in [6, 6.07) is 21.0. The van der Waals surface area contributed by atoms with Gasteiger partial charge < -0.3 is 4.74 Å². The van der Waals surface area contributed by atoms with Gasteiger partial charge in [-0.3, -0.25) is 14.4 Å². The molecule has 4 rings (SSSR count). The Morgan fingerprint density at radius 2 is 1.52 bits per heavy atom. The molecule has 0 unspecified atom stereocenters. The summed E-state index contributed by atoms with van der Waals surface area (Å²) < 4.78 is 7.17. The van der Waals surface area contributed by atoms with E-state index in [0.29, 0.717) is 22.4 Å². The molecule has 3 atom stereocenters. The lowest BCUT2D eigenvalue weighted by Crippen LogP contribution is -2.41. The van der Waals surface area contributed by atoms with Gasteiger partial charge in [0, 0.05) is 37.5 Å². The summed E-state index contributed by atoms with van der Waals surface area (Å²) in [5.41, 5.74) is 1.61. The van der Waals surface area contributed by atoms with Gasteiger partial charge >= 0.3 is 5.97 Å². The number of halogens is 2. The summed E-state index contributed by atoms with van der Waals surface area (Å²) >= 11 is 6.84. The van der Waals surface area contributed by atoms with Crippen LogP contribution in [0, 0.1) is 11.8 Å². The summed E-state index contributed by atoms with van der Waals surface area (Å²) in [4.78, 5) is 39.8. The molecular weight excluding hydrogens is 524 g/mol. The first-order valence-corrected chi connectivity index (χ1v) is 11.4. The summed E-state index contributed by atoms with van der Waals surface area (Å²) in [6.07, 6.45) is 0. The number of fused-ring (bicyclic) bond motifs is 1. The van der Waals surface area contributed by atoms with Crippen molar-refractivity contribution in [2.24, 2.45) is 11.8 Å². The highest BCUT2D eigenvalue weighted by molar-refractivity contribution is 9.10. The summed E-state index contributed by atoms with van der Waals surface area (Å²) in [5, 5.41) is 0. The van der Waals surface area contributed by atoms with Gasteiger partial charge in [-0.1, -0.05) is 81.2 Å². The van der Waals surface area contributed by atoms with E-state index in [0.717, 1.165) is 8.95 Å². The van der Waals surface area contributed by atoms with Gasteiger partial charge in [-0.2, -0.15) is 0 Å². The van der Waals surface area contributed by atoms with Gasteiger partial charge in [-0.25, -0.2) is 0 Å². The minimum atomic E-state index is -1.11. The molecule has 156 valence electrons. The van der Waals surface area contributed by atoms with Crippen molar-refractivity contribution in [1.82, 2.24) is 0 Å². The van der Waals surface area contributed by atoms with Gasteiger partial charge in [0.25, 0.3) is 0 Å². The molecule has 0 spiro atoms. The average Bonchev–Trinajstić information content (AvgIpc) is 2.78. The Balaban J connectivity index is 1.81. The van der Waals surface area contributed by atoms with E-state index in [1.807, 2.05) is 6.07 Å². The molecule has 0 radical (unpaired) electrons. The second-order valence-electron chi connectivity index (χ2n) is 7.50. The smallest absolute Gasteiger partial charge is 0.322 e. The predicted octanol–water partition coefficient (Wildman–Crippen LogP) is 6.23. The molecule has 1 aliphatic heterocycles. The average molecular weight is 542 g/mol. The minimum Gasteiger partial charge on any atom is -0.426 e. The number of rotatable bonds is 5. The highest BCUT2D eigenvalue weighted by atomic mass is 79.9. The Hall–Kier alpha value is -2.57. The fourth-order valence-electron chi connectivity index (χ4n) is 4.02. The lowest BCUT2D eigenvalue weighted by molar-refractivity contribution is -0.139. The Kier molecular flexibility index (Phi) is 6.21. The van der Waals surface area contributed by atoms with Crippen molar-refractivity contribution in [3.05, 3.63) is 98.4 Å². The Morgan fingerprint density at radius 1 is 0.871 bits per heavy atom. The molecule has 0 bridgehead atoms. The van der Waals surface area contributed by atoms with Crippen LogP contribution < -0.4 is 4.74 Å². The molecule has 0 fully saturated rings. The topological polar surface area (TPSA) is 60.4 Å². The van der Waals surface area contributed by atoms with Crippen molar-refractivity contribution >= 4 is 49.4 Å². The molecular formula is C25H18Br2O4. The molecule has 3 aromatic carbocycles. The van der Waals surface area contributed by atoms with Gasteiger partial charge in [0.05, 0.1) is 0 Å². The largest absolute Gasteiger partial charge is 0.426 e. The van der Waals surface area contributed by atoms with Crippen molar-refractivity contribution in [1.29, 1.82) is 0 Å². The number of hydrogen-bond donors (Lipinski definition) is 0. The number of hydrogen-bond acceptors (Lipinski definition) is 4. The number of benzene rings is 3. The second kappa shape index (κ2) is 8.89. The van der Waals surface area contributed by atoms with Crippen molar-refractivity contribution in [3.63, 3.8) is 0 Å². The van der Waals surface area contributed by atoms with Crippen molar-refractivity contribution in [2.75, 3.05) is 0 Å². The molecule has 0 N–H and O–H groups in total. The molecule has 0 saturated carbocycles. The van der Waals surface area contributed by atoms with Crippen LogP contribution in [0.4, 0.5) is 0 Å². The SMILES string of the molecule is C[C@@H](C(=O)c1ccc(Br)cc1)[C@@H]1c2cc(Br)ccc2OC(=O)[C@H]1C(=O)c1ccccc1. The minimum absolute atomic E-state index is 0.135. The number of ketones is 2. The zero-order valence-corrected chi connectivity index (χ0v) is 19.7. The third-order valence-corrected chi connectivity index (χ3v) is 6.60. The highest BCUT2D eigenvalue weighted by Crippen LogP contribution is 2.45.